The Hall–Kier alpha value is -2.56. The highest BCUT2D eigenvalue weighted by atomic mass is 35.5. The van der Waals surface area contributed by atoms with Crippen molar-refractivity contribution in [3.8, 4) is 0 Å². The molecule has 1 aliphatic heterocycles. The van der Waals surface area contributed by atoms with E-state index in [4.69, 9.17) is 27.9 Å². The fourth-order valence-electron chi connectivity index (χ4n) is 3.10. The van der Waals surface area contributed by atoms with Gasteiger partial charge in [-0.3, -0.25) is 15.0 Å². The third-order valence-corrected chi connectivity index (χ3v) is 5.28. The van der Waals surface area contributed by atoms with Gasteiger partial charge in [-0.15, -0.1) is 0 Å². The van der Waals surface area contributed by atoms with Gasteiger partial charge in [0.05, 0.1) is 10.6 Å². The second kappa shape index (κ2) is 10.4. The Morgan fingerprint density at radius 2 is 1.84 bits per heavy atom. The van der Waals surface area contributed by atoms with Gasteiger partial charge in [0.2, 0.25) is 0 Å². The number of hydrogen-bond donors (Lipinski definition) is 1. The van der Waals surface area contributed by atoms with Crippen LogP contribution in [0.1, 0.15) is 15.9 Å². The van der Waals surface area contributed by atoms with Crippen LogP contribution in [0.3, 0.4) is 0 Å². The Morgan fingerprint density at radius 3 is 2.47 bits per heavy atom. The zero-order valence-corrected chi connectivity index (χ0v) is 18.2. The molecule has 12 heteroatoms. The van der Waals surface area contributed by atoms with Crippen molar-refractivity contribution in [3.63, 3.8) is 0 Å². The Balaban J connectivity index is 1.41. The standard InChI is InChI=1S/C20H19Cl2F3N4O3/c21-15-3-1-2-13(10-15)18(30)27-19(31)32-9-8-28-4-6-29(7-5-28)17-16(22)11-14(12-26-17)20(23,24)25/h1-3,10-12H,4-9H2,(H,27,30,31). The van der Waals surface area contributed by atoms with Crippen LogP contribution in [0.15, 0.2) is 36.5 Å². The molecule has 0 aliphatic carbocycles. The second-order valence-corrected chi connectivity index (χ2v) is 7.80. The van der Waals surface area contributed by atoms with Gasteiger partial charge in [0.1, 0.15) is 12.4 Å². The van der Waals surface area contributed by atoms with Crippen molar-refractivity contribution in [2.75, 3.05) is 44.2 Å². The van der Waals surface area contributed by atoms with Crippen LogP contribution in [-0.2, 0) is 10.9 Å². The van der Waals surface area contributed by atoms with Crippen LogP contribution < -0.4 is 10.2 Å². The number of carbonyl (C=O) groups is 2. The highest BCUT2D eigenvalue weighted by Crippen LogP contribution is 2.33. The number of imide groups is 1. The molecule has 1 N–H and O–H groups in total. The molecule has 0 bridgehead atoms. The molecule has 0 unspecified atom stereocenters. The number of aromatic nitrogens is 1. The van der Waals surface area contributed by atoms with Crippen molar-refractivity contribution in [1.82, 2.24) is 15.2 Å². The summed E-state index contributed by atoms with van der Waals surface area (Å²) in [6.45, 7) is 2.64. The molecule has 0 radical (unpaired) electrons. The molecule has 2 amide bonds. The molecule has 0 atom stereocenters. The van der Waals surface area contributed by atoms with Gasteiger partial charge >= 0.3 is 12.3 Å². The molecule has 2 heterocycles. The van der Waals surface area contributed by atoms with Crippen LogP contribution in [0, 0.1) is 0 Å². The molecular weight excluding hydrogens is 472 g/mol. The van der Waals surface area contributed by atoms with Gasteiger partial charge in [-0.25, -0.2) is 9.78 Å². The van der Waals surface area contributed by atoms with Gasteiger partial charge in [-0.2, -0.15) is 13.2 Å². The Labute approximate surface area is 192 Å². The Morgan fingerprint density at radius 1 is 1.12 bits per heavy atom. The lowest BCUT2D eigenvalue weighted by Gasteiger charge is -2.35. The third-order valence-electron chi connectivity index (χ3n) is 4.76. The topological polar surface area (TPSA) is 74.8 Å². The van der Waals surface area contributed by atoms with E-state index in [0.717, 1.165) is 12.3 Å². The molecule has 1 aromatic heterocycles. The highest BCUT2D eigenvalue weighted by molar-refractivity contribution is 6.33. The van der Waals surface area contributed by atoms with Crippen molar-refractivity contribution in [3.05, 3.63) is 57.7 Å². The number of amides is 2. The lowest BCUT2D eigenvalue weighted by Crippen LogP contribution is -2.48. The predicted molar refractivity (Wildman–Crippen MR) is 113 cm³/mol. The summed E-state index contributed by atoms with van der Waals surface area (Å²) < 4.78 is 43.3. The first-order valence-electron chi connectivity index (χ1n) is 9.57. The number of nitrogens with one attached hydrogen (secondary N) is 1. The monoisotopic (exact) mass is 490 g/mol. The van der Waals surface area contributed by atoms with E-state index in [2.05, 4.69) is 10.3 Å². The van der Waals surface area contributed by atoms with Crippen molar-refractivity contribution in [2.45, 2.75) is 6.18 Å². The lowest BCUT2D eigenvalue weighted by atomic mass is 10.2. The van der Waals surface area contributed by atoms with Crippen LogP contribution in [0.25, 0.3) is 0 Å². The number of alkyl carbamates (subject to hydrolysis) is 1. The van der Waals surface area contributed by atoms with Gasteiger partial charge in [-0.1, -0.05) is 29.3 Å². The number of alkyl halides is 3. The molecule has 1 saturated heterocycles. The van der Waals surface area contributed by atoms with Gasteiger partial charge < -0.3 is 9.64 Å². The number of rotatable bonds is 5. The molecule has 1 fully saturated rings. The Kier molecular flexibility index (Phi) is 7.81. The first-order valence-corrected chi connectivity index (χ1v) is 10.3. The van der Waals surface area contributed by atoms with Crippen LogP contribution in [0.4, 0.5) is 23.8 Å². The summed E-state index contributed by atoms with van der Waals surface area (Å²) in [5.41, 5.74) is -0.657. The summed E-state index contributed by atoms with van der Waals surface area (Å²) in [6, 6.07) is 7.02. The number of halogens is 5. The number of ether oxygens (including phenoxy) is 1. The van der Waals surface area contributed by atoms with Crippen LogP contribution >= 0.6 is 23.2 Å². The van der Waals surface area contributed by atoms with Crippen molar-refractivity contribution in [1.29, 1.82) is 0 Å². The molecule has 1 aliphatic rings. The average molecular weight is 491 g/mol. The SMILES string of the molecule is O=C(NC(=O)c1cccc(Cl)c1)OCCN1CCN(c2ncc(C(F)(F)F)cc2Cl)CC1. The third kappa shape index (κ3) is 6.47. The van der Waals surface area contributed by atoms with Gasteiger partial charge in [0.25, 0.3) is 5.91 Å². The number of anilines is 1. The predicted octanol–water partition coefficient (Wildman–Crippen LogP) is 4.10. The molecule has 172 valence electrons. The van der Waals surface area contributed by atoms with E-state index in [1.165, 1.54) is 12.1 Å². The molecule has 3 rings (SSSR count). The lowest BCUT2D eigenvalue weighted by molar-refractivity contribution is -0.137. The highest BCUT2D eigenvalue weighted by Gasteiger charge is 2.32. The maximum Gasteiger partial charge on any atom is 0.417 e. The smallest absolute Gasteiger partial charge is 0.417 e. The van der Waals surface area contributed by atoms with Crippen LogP contribution in [0.2, 0.25) is 10.0 Å². The molecule has 0 saturated carbocycles. The minimum atomic E-state index is -4.50. The molecule has 0 spiro atoms. The van der Waals surface area contributed by atoms with Crippen LogP contribution in [0.5, 0.6) is 0 Å². The minimum Gasteiger partial charge on any atom is -0.448 e. The number of piperazine rings is 1. The Bertz CT molecular complexity index is 983. The fourth-order valence-corrected chi connectivity index (χ4v) is 3.58. The maximum absolute atomic E-state index is 12.8. The summed E-state index contributed by atoms with van der Waals surface area (Å²) in [5, 5.41) is 2.44. The number of carbonyl (C=O) groups excluding carboxylic acids is 2. The van der Waals surface area contributed by atoms with Gasteiger partial charge in [0.15, 0.2) is 0 Å². The van der Waals surface area contributed by atoms with Crippen LogP contribution in [-0.4, -0.2) is 61.2 Å². The summed E-state index contributed by atoms with van der Waals surface area (Å²) in [7, 11) is 0. The second-order valence-electron chi connectivity index (χ2n) is 6.96. The van der Waals surface area contributed by atoms with E-state index in [-0.39, 0.29) is 17.2 Å². The first kappa shape index (κ1) is 24.1. The molecule has 32 heavy (non-hydrogen) atoms. The van der Waals surface area contributed by atoms with E-state index in [1.807, 2.05) is 4.90 Å². The largest absolute Gasteiger partial charge is 0.448 e. The number of benzene rings is 1. The average Bonchev–Trinajstić information content (AvgIpc) is 2.73. The number of nitrogens with zero attached hydrogens (tertiary/aromatic N) is 3. The fraction of sp³-hybridized carbons (Fsp3) is 0.350. The van der Waals surface area contributed by atoms with Crippen molar-refractivity contribution in [2.24, 2.45) is 0 Å². The molecule has 1 aromatic carbocycles. The summed E-state index contributed by atoms with van der Waals surface area (Å²) in [6.07, 6.45) is -4.60. The van der Waals surface area contributed by atoms with Gasteiger partial charge in [-0.05, 0) is 24.3 Å². The molecule has 2 aromatic rings. The van der Waals surface area contributed by atoms with Crippen molar-refractivity contribution >= 4 is 41.0 Å². The zero-order valence-electron chi connectivity index (χ0n) is 16.7. The maximum atomic E-state index is 12.8. The van der Waals surface area contributed by atoms with Crippen molar-refractivity contribution < 1.29 is 27.5 Å². The first-order chi connectivity index (χ1) is 15.1. The molecule has 7 nitrogen and oxygen atoms in total. The quantitative estimate of drug-likeness (QED) is 0.680. The molecular formula is C20H19Cl2F3N4O3. The number of pyridine rings is 1. The van der Waals surface area contributed by atoms with E-state index in [9.17, 15) is 22.8 Å². The minimum absolute atomic E-state index is 0.0577. The van der Waals surface area contributed by atoms with Gasteiger partial charge in [0, 0.05) is 49.5 Å². The summed E-state index contributed by atoms with van der Waals surface area (Å²) >= 11 is 11.8. The van der Waals surface area contributed by atoms with E-state index < -0.39 is 23.7 Å². The number of hydrogen-bond acceptors (Lipinski definition) is 6. The zero-order chi connectivity index (χ0) is 23.3. The summed E-state index contributed by atoms with van der Waals surface area (Å²) in [4.78, 5) is 31.5. The van der Waals surface area contributed by atoms with E-state index in [1.54, 1.807) is 17.0 Å². The van der Waals surface area contributed by atoms with E-state index >= 15 is 0 Å². The summed E-state index contributed by atoms with van der Waals surface area (Å²) in [5.74, 6) is -0.318. The van der Waals surface area contributed by atoms with E-state index in [0.29, 0.717) is 43.6 Å². The normalized spacial score (nSPS) is 14.8.